The molecule has 0 aliphatic rings. The molecule has 0 unspecified atom stereocenters. The second-order valence-corrected chi connectivity index (χ2v) is 3.06. The molecule has 0 radical (unpaired) electrons. The molecule has 0 saturated heterocycles. The van der Waals surface area contributed by atoms with E-state index in [1.54, 1.807) is 18.2 Å². The molecule has 5 heteroatoms. The zero-order valence-corrected chi connectivity index (χ0v) is 9.15. The zero-order valence-electron chi connectivity index (χ0n) is 9.15. The molecule has 0 bridgehead atoms. The third kappa shape index (κ3) is 3.06. The van der Waals surface area contributed by atoms with Gasteiger partial charge in [-0.25, -0.2) is 0 Å². The molecule has 0 saturated carbocycles. The minimum absolute atomic E-state index is 0.0472. The van der Waals surface area contributed by atoms with Crippen LogP contribution >= 0.6 is 0 Å². The van der Waals surface area contributed by atoms with Crippen molar-refractivity contribution in [1.29, 1.82) is 0 Å². The maximum Gasteiger partial charge on any atom is 0.250 e. The van der Waals surface area contributed by atoms with E-state index in [0.717, 1.165) is 0 Å². The largest absolute Gasteiger partial charge is 0.495 e. The van der Waals surface area contributed by atoms with Crippen LogP contribution in [0.25, 0.3) is 0 Å². The Morgan fingerprint density at radius 2 is 2.19 bits per heavy atom. The average Bonchev–Trinajstić information content (AvgIpc) is 2.29. The summed E-state index contributed by atoms with van der Waals surface area (Å²) in [5.74, 6) is 0.193. The molecular weight excluding hydrogens is 210 g/mol. The number of hydrogen-bond donors (Lipinski definition) is 1. The van der Waals surface area contributed by atoms with E-state index in [2.05, 4.69) is 10.1 Å². The van der Waals surface area contributed by atoms with Crippen LogP contribution in [-0.2, 0) is 9.53 Å². The van der Waals surface area contributed by atoms with E-state index in [1.165, 1.54) is 14.2 Å². The van der Waals surface area contributed by atoms with Gasteiger partial charge >= 0.3 is 0 Å². The van der Waals surface area contributed by atoms with Crippen molar-refractivity contribution < 1.29 is 19.1 Å². The van der Waals surface area contributed by atoms with Crippen molar-refractivity contribution in [2.75, 3.05) is 26.1 Å². The van der Waals surface area contributed by atoms with Crippen LogP contribution in [0.1, 0.15) is 10.4 Å². The molecule has 1 N–H and O–H groups in total. The van der Waals surface area contributed by atoms with Gasteiger partial charge in [-0.05, 0) is 18.2 Å². The molecule has 0 heterocycles. The van der Waals surface area contributed by atoms with Crippen LogP contribution < -0.4 is 10.1 Å². The maximum absolute atomic E-state index is 11.3. The summed E-state index contributed by atoms with van der Waals surface area (Å²) >= 11 is 0. The minimum Gasteiger partial charge on any atom is -0.495 e. The molecule has 0 aliphatic heterocycles. The van der Waals surface area contributed by atoms with Gasteiger partial charge in [0.05, 0.1) is 12.8 Å². The van der Waals surface area contributed by atoms with Gasteiger partial charge in [-0.2, -0.15) is 0 Å². The highest BCUT2D eigenvalue weighted by atomic mass is 16.5. The predicted molar refractivity (Wildman–Crippen MR) is 58.9 cm³/mol. The maximum atomic E-state index is 11.3. The number of carbonyl (C=O) groups is 2. The van der Waals surface area contributed by atoms with E-state index in [4.69, 9.17) is 4.74 Å². The van der Waals surface area contributed by atoms with E-state index >= 15 is 0 Å². The number of rotatable bonds is 5. The summed E-state index contributed by atoms with van der Waals surface area (Å²) in [6, 6.07) is 4.77. The zero-order chi connectivity index (χ0) is 12.0. The first-order valence-electron chi connectivity index (χ1n) is 4.63. The Bertz CT molecular complexity index is 390. The number of methoxy groups -OCH3 is 2. The number of benzene rings is 1. The van der Waals surface area contributed by atoms with Gasteiger partial charge in [-0.15, -0.1) is 0 Å². The van der Waals surface area contributed by atoms with E-state index in [0.29, 0.717) is 23.3 Å². The first-order valence-corrected chi connectivity index (χ1v) is 4.63. The van der Waals surface area contributed by atoms with Gasteiger partial charge in [-0.1, -0.05) is 0 Å². The first kappa shape index (κ1) is 12.2. The van der Waals surface area contributed by atoms with Gasteiger partial charge in [0.1, 0.15) is 18.6 Å². The Balaban J connectivity index is 2.90. The lowest BCUT2D eigenvalue weighted by atomic mass is 10.2. The van der Waals surface area contributed by atoms with E-state index in [1.807, 2.05) is 0 Å². The van der Waals surface area contributed by atoms with Crippen molar-refractivity contribution in [3.63, 3.8) is 0 Å². The van der Waals surface area contributed by atoms with Gasteiger partial charge in [-0.3, -0.25) is 9.59 Å². The lowest BCUT2D eigenvalue weighted by Crippen LogP contribution is -2.17. The van der Waals surface area contributed by atoms with Gasteiger partial charge in [0.25, 0.3) is 0 Å². The number of aldehydes is 1. The molecular formula is C11H13NO4. The lowest BCUT2D eigenvalue weighted by Gasteiger charge is -2.10. The molecule has 0 spiro atoms. The topological polar surface area (TPSA) is 64.6 Å². The van der Waals surface area contributed by atoms with Gasteiger partial charge in [0.2, 0.25) is 5.91 Å². The van der Waals surface area contributed by atoms with Crippen LogP contribution in [0, 0.1) is 0 Å². The highest BCUT2D eigenvalue weighted by molar-refractivity contribution is 5.94. The number of amides is 1. The van der Waals surface area contributed by atoms with Crippen molar-refractivity contribution in [1.82, 2.24) is 0 Å². The Kier molecular flexibility index (Phi) is 4.47. The van der Waals surface area contributed by atoms with Crippen molar-refractivity contribution >= 4 is 17.9 Å². The highest BCUT2D eigenvalue weighted by Gasteiger charge is 2.07. The van der Waals surface area contributed by atoms with Crippen LogP contribution in [0.5, 0.6) is 5.75 Å². The molecule has 1 aromatic rings. The van der Waals surface area contributed by atoms with E-state index < -0.39 is 0 Å². The molecule has 16 heavy (non-hydrogen) atoms. The van der Waals surface area contributed by atoms with Crippen LogP contribution in [0.4, 0.5) is 5.69 Å². The molecule has 1 rings (SSSR count). The van der Waals surface area contributed by atoms with Gasteiger partial charge < -0.3 is 14.8 Å². The van der Waals surface area contributed by atoms with Gasteiger partial charge in [0, 0.05) is 12.7 Å². The van der Waals surface area contributed by atoms with Crippen molar-refractivity contribution in [3.8, 4) is 5.75 Å². The van der Waals surface area contributed by atoms with E-state index in [9.17, 15) is 9.59 Å². The van der Waals surface area contributed by atoms with Gasteiger partial charge in [0.15, 0.2) is 0 Å². The minimum atomic E-state index is -0.302. The summed E-state index contributed by atoms with van der Waals surface area (Å²) in [5, 5.41) is 2.59. The molecule has 0 atom stereocenters. The molecule has 0 fully saturated rings. The lowest BCUT2D eigenvalue weighted by molar-refractivity contribution is -0.119. The summed E-state index contributed by atoms with van der Waals surface area (Å²) in [4.78, 5) is 21.9. The van der Waals surface area contributed by atoms with Crippen LogP contribution in [0.15, 0.2) is 18.2 Å². The third-order valence-electron chi connectivity index (χ3n) is 1.91. The van der Waals surface area contributed by atoms with Crippen LogP contribution in [0.3, 0.4) is 0 Å². The highest BCUT2D eigenvalue weighted by Crippen LogP contribution is 2.24. The summed E-state index contributed by atoms with van der Waals surface area (Å²) in [7, 11) is 2.92. The monoisotopic (exact) mass is 223 g/mol. The summed E-state index contributed by atoms with van der Waals surface area (Å²) in [6.07, 6.45) is 0.700. The Labute approximate surface area is 93.4 Å². The number of anilines is 1. The molecule has 1 aromatic carbocycles. The Morgan fingerprint density at radius 3 is 2.75 bits per heavy atom. The number of ether oxygens (including phenoxy) is 2. The van der Waals surface area contributed by atoms with Crippen LogP contribution in [-0.4, -0.2) is 33.0 Å². The van der Waals surface area contributed by atoms with E-state index in [-0.39, 0.29) is 12.5 Å². The van der Waals surface area contributed by atoms with Crippen molar-refractivity contribution in [2.24, 2.45) is 0 Å². The Hall–Kier alpha value is -1.88. The standard InChI is InChI=1S/C11H13NO4/c1-15-7-11(14)12-9-5-8(6-13)3-4-10(9)16-2/h3-6H,7H2,1-2H3,(H,12,14). The molecule has 0 aromatic heterocycles. The smallest absolute Gasteiger partial charge is 0.250 e. The summed E-state index contributed by atoms with van der Waals surface area (Å²) < 4.78 is 9.74. The summed E-state index contributed by atoms with van der Waals surface area (Å²) in [5.41, 5.74) is 0.919. The van der Waals surface area contributed by atoms with Crippen LogP contribution in [0.2, 0.25) is 0 Å². The molecule has 5 nitrogen and oxygen atoms in total. The second-order valence-electron chi connectivity index (χ2n) is 3.06. The number of hydrogen-bond acceptors (Lipinski definition) is 4. The fraction of sp³-hybridized carbons (Fsp3) is 0.273. The first-order chi connectivity index (χ1) is 7.71. The van der Waals surface area contributed by atoms with Crippen molar-refractivity contribution in [2.45, 2.75) is 0 Å². The average molecular weight is 223 g/mol. The Morgan fingerprint density at radius 1 is 1.44 bits per heavy atom. The fourth-order valence-electron chi connectivity index (χ4n) is 1.21. The fourth-order valence-corrected chi connectivity index (χ4v) is 1.21. The number of carbonyl (C=O) groups excluding carboxylic acids is 2. The quantitative estimate of drug-likeness (QED) is 0.759. The SMILES string of the molecule is COCC(=O)Nc1cc(C=O)ccc1OC. The predicted octanol–water partition coefficient (Wildman–Crippen LogP) is 1.09. The molecule has 1 amide bonds. The number of nitrogens with one attached hydrogen (secondary N) is 1. The normalized spacial score (nSPS) is 9.62. The summed E-state index contributed by atoms with van der Waals surface area (Å²) in [6.45, 7) is -0.0472. The second kappa shape index (κ2) is 5.87. The third-order valence-corrected chi connectivity index (χ3v) is 1.91. The molecule has 86 valence electrons. The molecule has 0 aliphatic carbocycles. The van der Waals surface area contributed by atoms with Crippen molar-refractivity contribution in [3.05, 3.63) is 23.8 Å².